The number of ether oxygens (including phenoxy) is 4. The summed E-state index contributed by atoms with van der Waals surface area (Å²) in [5.74, 6) is 5.53. The molecule has 2 heterocycles. The van der Waals surface area contributed by atoms with Gasteiger partial charge in [0.1, 0.15) is 24.0 Å². The number of esters is 1. The van der Waals surface area contributed by atoms with Gasteiger partial charge in [0, 0.05) is 25.6 Å². The van der Waals surface area contributed by atoms with Crippen LogP contribution in [0.4, 0.5) is 5.82 Å². The lowest BCUT2D eigenvalue weighted by Gasteiger charge is -2.26. The van der Waals surface area contributed by atoms with Gasteiger partial charge in [-0.2, -0.15) is 8.62 Å². The lowest BCUT2D eigenvalue weighted by molar-refractivity contribution is -0.0445. The quantitative estimate of drug-likeness (QED) is 0.0478. The van der Waals surface area contributed by atoms with Gasteiger partial charge in [-0.15, -0.1) is 0 Å². The van der Waals surface area contributed by atoms with Gasteiger partial charge in [-0.1, -0.05) is 11.8 Å². The predicted molar refractivity (Wildman–Crippen MR) is 180 cm³/mol. The average molecular weight is 793 g/mol. The zero-order chi connectivity index (χ0) is 38.1. The minimum atomic E-state index is -5.72. The van der Waals surface area contributed by atoms with E-state index in [-0.39, 0.29) is 61.3 Å². The minimum absolute atomic E-state index is 0.0155. The van der Waals surface area contributed by atoms with Crippen LogP contribution in [0.2, 0.25) is 0 Å². The summed E-state index contributed by atoms with van der Waals surface area (Å²) in [7, 11) is -16.7. The van der Waals surface area contributed by atoms with Gasteiger partial charge in [-0.05, 0) is 43.0 Å². The summed E-state index contributed by atoms with van der Waals surface area (Å²) in [5, 5.41) is 0. The zero-order valence-electron chi connectivity index (χ0n) is 27.4. The van der Waals surface area contributed by atoms with Crippen molar-refractivity contribution in [3.05, 3.63) is 53.1 Å². The van der Waals surface area contributed by atoms with Crippen molar-refractivity contribution in [2.45, 2.75) is 63.1 Å². The first-order valence-corrected chi connectivity index (χ1v) is 20.0. The maximum absolute atomic E-state index is 12.8. The number of allylic oxidation sites excluding steroid dienone is 1. The third-order valence-corrected chi connectivity index (χ3v) is 11.4. The molecule has 0 bridgehead atoms. The van der Waals surface area contributed by atoms with Crippen molar-refractivity contribution < 1.29 is 70.2 Å². The molecular weight excluding hydrogens is 753 g/mol. The van der Waals surface area contributed by atoms with Gasteiger partial charge in [-0.3, -0.25) is 4.52 Å². The van der Waals surface area contributed by atoms with E-state index in [0.717, 1.165) is 19.3 Å². The number of phosphoric ester groups is 1. The van der Waals surface area contributed by atoms with Gasteiger partial charge in [0.25, 0.3) is 0 Å². The first-order chi connectivity index (χ1) is 24.5. The molecule has 1 saturated heterocycles. The summed E-state index contributed by atoms with van der Waals surface area (Å²) in [4.78, 5) is 57.8. The molecule has 52 heavy (non-hydrogen) atoms. The minimum Gasteiger partial charge on any atom is -0.490 e. The molecule has 0 radical (unpaired) electrons. The van der Waals surface area contributed by atoms with Crippen LogP contribution >= 0.6 is 23.5 Å². The van der Waals surface area contributed by atoms with E-state index in [2.05, 4.69) is 30.4 Å². The average Bonchev–Trinajstić information content (AvgIpc) is 3.41. The number of carbonyl (C=O) groups is 1. The van der Waals surface area contributed by atoms with Gasteiger partial charge in [0.15, 0.2) is 6.61 Å². The van der Waals surface area contributed by atoms with Gasteiger partial charge in [-0.25, -0.2) is 28.5 Å². The maximum Gasteiger partial charge on any atom is 0.490 e. The lowest BCUT2D eigenvalue weighted by Crippen LogP contribution is -2.30. The van der Waals surface area contributed by atoms with E-state index in [9.17, 15) is 28.3 Å². The number of rotatable bonds is 17. The number of nitrogens with zero attached hydrogens (tertiary/aromatic N) is 2. The number of anilines is 1. The molecule has 21 nitrogen and oxygen atoms in total. The molecule has 1 aromatic heterocycles. The van der Waals surface area contributed by atoms with E-state index in [0.29, 0.717) is 17.0 Å². The van der Waals surface area contributed by atoms with Crippen LogP contribution in [0.1, 0.15) is 52.9 Å². The molecule has 1 saturated carbocycles. The molecule has 4 rings (SSSR count). The third-order valence-electron chi connectivity index (χ3n) is 7.59. The molecule has 286 valence electrons. The van der Waals surface area contributed by atoms with Gasteiger partial charge >= 0.3 is 29.4 Å². The fourth-order valence-electron chi connectivity index (χ4n) is 5.14. The summed E-state index contributed by atoms with van der Waals surface area (Å²) in [6, 6.07) is 4.99. The fourth-order valence-corrected chi connectivity index (χ4v) is 8.17. The SMILES string of the molecule is N/C=C(/C#CCOC(=O)c1ccc(OC2CCC2)cc1CN)c1c(N)ncnc1C[C@H]1C[C@@H](OCN)C(COP(=O)(O)OP(=O)(O)OP(=O)(O)O)O1. The second kappa shape index (κ2) is 18.2. The Bertz CT molecular complexity index is 1830. The van der Waals surface area contributed by atoms with E-state index in [1.54, 1.807) is 18.2 Å². The monoisotopic (exact) mass is 792 g/mol. The smallest absolute Gasteiger partial charge is 0.490 e. The number of phosphoric acid groups is 3. The molecule has 0 spiro atoms. The van der Waals surface area contributed by atoms with Crippen LogP contribution in [0.3, 0.4) is 0 Å². The Hall–Kier alpha value is -3.28. The number of nitrogen functional groups attached to an aromatic ring is 1. The molecule has 2 aromatic rings. The van der Waals surface area contributed by atoms with Gasteiger partial charge in [0.2, 0.25) is 0 Å². The number of benzene rings is 1. The molecule has 1 aromatic carbocycles. The van der Waals surface area contributed by atoms with Crippen molar-refractivity contribution in [1.82, 2.24) is 9.97 Å². The van der Waals surface area contributed by atoms with Crippen molar-refractivity contribution >= 4 is 40.8 Å². The highest BCUT2D eigenvalue weighted by Crippen LogP contribution is 2.66. The topological polar surface area (TPSA) is 344 Å². The molecule has 2 aliphatic rings. The second-order valence-electron chi connectivity index (χ2n) is 11.2. The summed E-state index contributed by atoms with van der Waals surface area (Å²) >= 11 is 0. The fraction of sp³-hybridized carbons (Fsp3) is 0.464. The van der Waals surface area contributed by atoms with Gasteiger partial charge < -0.3 is 61.5 Å². The Balaban J connectivity index is 1.39. The lowest BCUT2D eigenvalue weighted by atomic mass is 9.96. The van der Waals surface area contributed by atoms with Crippen LogP contribution in [0.5, 0.6) is 5.75 Å². The molecule has 3 unspecified atom stereocenters. The Labute approximate surface area is 297 Å². The molecule has 5 atom stereocenters. The highest BCUT2D eigenvalue weighted by molar-refractivity contribution is 7.66. The summed E-state index contributed by atoms with van der Waals surface area (Å²) < 4.78 is 69.5. The zero-order valence-corrected chi connectivity index (χ0v) is 30.1. The van der Waals surface area contributed by atoms with Crippen LogP contribution < -0.4 is 27.7 Å². The van der Waals surface area contributed by atoms with E-state index >= 15 is 0 Å². The molecule has 24 heteroatoms. The van der Waals surface area contributed by atoms with Crippen LogP contribution in [0, 0.1) is 11.8 Å². The number of aromatic nitrogens is 2. The number of hydrogen-bond donors (Lipinski definition) is 8. The predicted octanol–water partition coefficient (Wildman–Crippen LogP) is 0.954. The van der Waals surface area contributed by atoms with Crippen molar-refractivity contribution in [2.24, 2.45) is 17.2 Å². The highest BCUT2D eigenvalue weighted by Gasteiger charge is 2.43. The first-order valence-electron chi connectivity index (χ1n) is 15.5. The van der Waals surface area contributed by atoms with E-state index in [4.69, 9.17) is 56.2 Å². The van der Waals surface area contributed by atoms with Crippen LogP contribution in [-0.2, 0) is 54.0 Å². The number of carbonyl (C=O) groups excluding carboxylic acids is 1. The Morgan fingerprint density at radius 1 is 1.08 bits per heavy atom. The second-order valence-corrected chi connectivity index (χ2v) is 15.6. The summed E-state index contributed by atoms with van der Waals surface area (Å²) in [6.45, 7) is -1.27. The van der Waals surface area contributed by atoms with E-state index in [1.165, 1.54) is 12.5 Å². The molecule has 12 N–H and O–H groups in total. The standard InChI is InChI=1S/C28H39N6O15P3/c29-12-17(3-2-8-43-28(35)22-7-6-20(9-18(22)13-30)46-19-4-1-5-19)26-23(33-16-34-27(26)32)10-21-11-24(44-15-31)25(47-21)14-45-51(39,40)49-52(41,42)48-50(36,37)38/h6-7,9,12,16,19,21,24-25H,1,4-5,8,10-11,13-15,29-31H2,(H,39,40)(H,41,42)(H2,32,33,34)(H2,36,37,38)/b17-12-/t21-,24+,25?/m0/s1. The van der Waals surface area contributed by atoms with Gasteiger partial charge in [0.05, 0.1) is 54.0 Å². The Morgan fingerprint density at radius 3 is 2.46 bits per heavy atom. The third kappa shape index (κ3) is 12.1. The van der Waals surface area contributed by atoms with Crippen LogP contribution in [0.15, 0.2) is 30.7 Å². The van der Waals surface area contributed by atoms with Crippen LogP contribution in [0.25, 0.3) is 5.57 Å². The van der Waals surface area contributed by atoms with E-state index < -0.39 is 54.4 Å². The number of hydrogen-bond acceptors (Lipinski definition) is 17. The summed E-state index contributed by atoms with van der Waals surface area (Å²) in [5.41, 5.74) is 25.1. The van der Waals surface area contributed by atoms with Crippen molar-refractivity contribution in [3.63, 3.8) is 0 Å². The van der Waals surface area contributed by atoms with Crippen molar-refractivity contribution in [3.8, 4) is 17.6 Å². The molecule has 0 amide bonds. The maximum atomic E-state index is 12.8. The first kappa shape index (κ1) is 41.5. The van der Waals surface area contributed by atoms with E-state index in [1.807, 2.05) is 0 Å². The normalized spacial score (nSPS) is 21.7. The molecule has 1 aliphatic heterocycles. The molecule has 1 aliphatic carbocycles. The Morgan fingerprint density at radius 2 is 1.83 bits per heavy atom. The Kier molecular flexibility index (Phi) is 14.5. The highest BCUT2D eigenvalue weighted by atomic mass is 31.3. The number of nitrogens with two attached hydrogens (primary N) is 4. The summed E-state index contributed by atoms with van der Waals surface area (Å²) in [6.07, 6.45) is 3.18. The van der Waals surface area contributed by atoms with Crippen molar-refractivity contribution in [2.75, 3.05) is 25.7 Å². The van der Waals surface area contributed by atoms with Crippen LogP contribution in [-0.4, -0.2) is 79.9 Å². The van der Waals surface area contributed by atoms with Crippen molar-refractivity contribution in [1.29, 1.82) is 0 Å². The largest absolute Gasteiger partial charge is 0.490 e. The molecular formula is C28H39N6O15P3. The molecule has 2 fully saturated rings.